The highest BCUT2D eigenvalue weighted by molar-refractivity contribution is 7.86. The van der Waals surface area contributed by atoms with Crippen LogP contribution in [-0.2, 0) is 20.5 Å². The number of carbonyl (C=O) groups excluding carboxylic acids is 1. The molecule has 2 rings (SSSR count). The molecule has 176 valence electrons. The summed E-state index contributed by atoms with van der Waals surface area (Å²) in [6, 6.07) is 12.9. The van der Waals surface area contributed by atoms with E-state index in [4.69, 9.17) is 9.47 Å². The Morgan fingerprint density at radius 1 is 1.15 bits per heavy atom. The van der Waals surface area contributed by atoms with Crippen molar-refractivity contribution >= 4 is 28.2 Å². The van der Waals surface area contributed by atoms with Gasteiger partial charge in [0.05, 0.1) is 24.2 Å². The molecule has 1 unspecified atom stereocenters. The van der Waals surface area contributed by atoms with Crippen LogP contribution in [0.2, 0.25) is 0 Å². The number of nitrogens with one attached hydrogen (secondary N) is 1. The van der Waals surface area contributed by atoms with Gasteiger partial charge < -0.3 is 14.2 Å². The summed E-state index contributed by atoms with van der Waals surface area (Å²) in [5.74, 6) is 0.451. The van der Waals surface area contributed by atoms with E-state index in [2.05, 4.69) is 18.2 Å². The van der Waals surface area contributed by atoms with Crippen LogP contribution in [-0.4, -0.2) is 23.9 Å². The second-order valence-corrected chi connectivity index (χ2v) is 9.03. The average molecular weight is 468 g/mol. The van der Waals surface area contributed by atoms with Crippen molar-refractivity contribution < 1.29 is 18.5 Å². The lowest BCUT2D eigenvalue weighted by Gasteiger charge is -2.13. The minimum Gasteiger partial charge on any atom is -0.494 e. The summed E-state index contributed by atoms with van der Waals surface area (Å²) in [4.78, 5) is 12.7. The normalized spacial score (nSPS) is 12.9. The van der Waals surface area contributed by atoms with Gasteiger partial charge in [0.25, 0.3) is 0 Å². The van der Waals surface area contributed by atoms with Gasteiger partial charge in [0.1, 0.15) is 16.7 Å². The topological polar surface area (TPSA) is 64.6 Å². The Kier molecular flexibility index (Phi) is 10.1. The van der Waals surface area contributed by atoms with Gasteiger partial charge in [0.15, 0.2) is 0 Å². The Labute approximate surface area is 199 Å². The minimum atomic E-state index is -1.53. The first kappa shape index (κ1) is 26.1. The summed E-state index contributed by atoms with van der Waals surface area (Å²) < 4.78 is 26.4. The van der Waals surface area contributed by atoms with Gasteiger partial charge in [0.2, 0.25) is 0 Å². The molecule has 1 N–H and O–H groups in total. The van der Waals surface area contributed by atoms with Crippen molar-refractivity contribution in [2.24, 2.45) is 0 Å². The van der Waals surface area contributed by atoms with Crippen molar-refractivity contribution in [2.45, 2.75) is 44.9 Å². The molecule has 6 heteroatoms. The number of hydrogen-bond acceptors (Lipinski definition) is 4. The van der Waals surface area contributed by atoms with E-state index in [1.54, 1.807) is 18.2 Å². The number of allylic oxidation sites excluding steroid dienone is 4. The van der Waals surface area contributed by atoms with Gasteiger partial charge in [-0.05, 0) is 72.4 Å². The van der Waals surface area contributed by atoms with Gasteiger partial charge in [-0.15, -0.1) is 0 Å². The number of ether oxygens (including phenoxy) is 2. The van der Waals surface area contributed by atoms with E-state index >= 15 is 0 Å². The van der Waals surface area contributed by atoms with Gasteiger partial charge in [-0.25, -0.2) is 9.00 Å². The van der Waals surface area contributed by atoms with Crippen molar-refractivity contribution in [1.82, 2.24) is 0 Å². The van der Waals surface area contributed by atoms with E-state index in [-0.39, 0.29) is 5.92 Å². The van der Waals surface area contributed by atoms with Crippen LogP contribution >= 0.6 is 0 Å². The van der Waals surface area contributed by atoms with E-state index < -0.39 is 17.0 Å². The van der Waals surface area contributed by atoms with E-state index in [0.717, 1.165) is 28.9 Å². The van der Waals surface area contributed by atoms with Crippen LogP contribution in [0.1, 0.15) is 61.5 Å². The molecule has 0 aliphatic heterocycles. The third-order valence-corrected chi connectivity index (χ3v) is 6.09. The summed E-state index contributed by atoms with van der Waals surface area (Å²) in [7, 11) is -0.180. The summed E-state index contributed by atoms with van der Waals surface area (Å²) in [5.41, 5.74) is 4.12. The number of benzene rings is 2. The maximum absolute atomic E-state index is 12.9. The molecule has 0 radical (unpaired) electrons. The minimum absolute atomic E-state index is 0.147. The fraction of sp³-hybridized carbons (Fsp3) is 0.296. The summed E-state index contributed by atoms with van der Waals surface area (Å²) in [6.07, 6.45) is 6.52. The zero-order chi connectivity index (χ0) is 24.4. The number of rotatable bonds is 11. The van der Waals surface area contributed by atoms with Crippen LogP contribution in [0.15, 0.2) is 77.9 Å². The first-order valence-electron chi connectivity index (χ1n) is 11.0. The molecule has 2 aromatic carbocycles. The maximum Gasteiger partial charge on any atom is 0.338 e. The highest BCUT2D eigenvalue weighted by atomic mass is 32.2. The molecule has 1 atom stereocenters. The summed E-state index contributed by atoms with van der Waals surface area (Å²) >= 11 is 0. The van der Waals surface area contributed by atoms with Crippen molar-refractivity contribution in [3.63, 3.8) is 0 Å². The first-order valence-corrected chi connectivity index (χ1v) is 12.1. The molecular formula is C27H33NO4S. The Morgan fingerprint density at radius 3 is 2.42 bits per heavy atom. The van der Waals surface area contributed by atoms with Crippen LogP contribution in [0.4, 0.5) is 5.69 Å². The third kappa shape index (κ3) is 7.46. The van der Waals surface area contributed by atoms with Gasteiger partial charge in [-0.3, -0.25) is 0 Å². The van der Waals surface area contributed by atoms with Crippen molar-refractivity contribution in [3.8, 4) is 0 Å². The fourth-order valence-electron chi connectivity index (χ4n) is 3.11. The first-order chi connectivity index (χ1) is 15.8. The van der Waals surface area contributed by atoms with Crippen molar-refractivity contribution in [3.05, 3.63) is 89.7 Å². The van der Waals surface area contributed by atoms with E-state index in [9.17, 15) is 9.00 Å². The molecular weight excluding hydrogens is 434 g/mol. The Balaban J connectivity index is 2.15. The second kappa shape index (κ2) is 12.8. The SMILES string of the molecule is C=C/C(=C\C=C(/C)c1ccc(NS(=O)c2ccc(C(C)C)c(C(=O)OC)c2)cc1)OCCC. The molecule has 0 aliphatic carbocycles. The predicted octanol–water partition coefficient (Wildman–Crippen LogP) is 6.63. The van der Waals surface area contributed by atoms with Gasteiger partial charge in [-0.1, -0.05) is 51.6 Å². The molecule has 5 nitrogen and oxygen atoms in total. The quantitative estimate of drug-likeness (QED) is 0.229. The van der Waals surface area contributed by atoms with E-state index in [0.29, 0.717) is 22.8 Å². The Bertz CT molecular complexity index is 1050. The lowest BCUT2D eigenvalue weighted by molar-refractivity contribution is 0.0598. The highest BCUT2D eigenvalue weighted by Crippen LogP contribution is 2.24. The standard InChI is InChI=1S/C27H33NO4S/c1-7-17-32-23(8-2)14-9-20(5)21-10-12-22(13-11-21)28-33(30)24-15-16-25(19(3)4)26(18-24)27(29)31-6/h8-16,18-19,28H,2,7,17H2,1,3-6H3/b20-9+,23-14+. The number of carbonyl (C=O) groups is 1. The van der Waals surface area contributed by atoms with Gasteiger partial charge >= 0.3 is 5.97 Å². The lowest BCUT2D eigenvalue weighted by Crippen LogP contribution is -2.10. The Hall–Kier alpha value is -3.12. The molecule has 0 spiro atoms. The number of methoxy groups -OCH3 is 1. The van der Waals surface area contributed by atoms with E-state index in [1.165, 1.54) is 7.11 Å². The smallest absolute Gasteiger partial charge is 0.338 e. The molecule has 2 aromatic rings. The van der Waals surface area contributed by atoms with Crippen molar-refractivity contribution in [2.75, 3.05) is 18.4 Å². The molecule has 0 heterocycles. The molecule has 0 saturated heterocycles. The van der Waals surface area contributed by atoms with Crippen LogP contribution in [0.25, 0.3) is 5.57 Å². The van der Waals surface area contributed by atoms with Gasteiger partial charge in [0, 0.05) is 5.69 Å². The Morgan fingerprint density at radius 2 is 1.85 bits per heavy atom. The van der Waals surface area contributed by atoms with Crippen LogP contribution < -0.4 is 4.72 Å². The average Bonchev–Trinajstić information content (AvgIpc) is 2.83. The number of esters is 1. The van der Waals surface area contributed by atoms with Crippen LogP contribution in [0, 0.1) is 0 Å². The number of hydrogen-bond donors (Lipinski definition) is 1. The van der Waals surface area contributed by atoms with Crippen LogP contribution in [0.5, 0.6) is 0 Å². The summed E-state index contributed by atoms with van der Waals surface area (Å²) in [5, 5.41) is 0. The molecule has 0 saturated carbocycles. The zero-order valence-corrected chi connectivity index (χ0v) is 20.8. The second-order valence-electron chi connectivity index (χ2n) is 7.81. The largest absolute Gasteiger partial charge is 0.494 e. The third-order valence-electron chi connectivity index (χ3n) is 4.99. The molecule has 0 aliphatic rings. The monoisotopic (exact) mass is 467 g/mol. The molecule has 0 amide bonds. The number of anilines is 1. The summed E-state index contributed by atoms with van der Waals surface area (Å²) in [6.45, 7) is 12.5. The molecule has 0 bridgehead atoms. The highest BCUT2D eigenvalue weighted by Gasteiger charge is 2.17. The zero-order valence-electron chi connectivity index (χ0n) is 20.0. The van der Waals surface area contributed by atoms with Crippen molar-refractivity contribution in [1.29, 1.82) is 0 Å². The van der Waals surface area contributed by atoms with Gasteiger partial charge in [-0.2, -0.15) is 0 Å². The maximum atomic E-state index is 12.9. The predicted molar refractivity (Wildman–Crippen MR) is 137 cm³/mol. The molecule has 0 aromatic heterocycles. The molecule has 0 fully saturated rings. The molecule has 33 heavy (non-hydrogen) atoms. The van der Waals surface area contributed by atoms with E-state index in [1.807, 2.05) is 63.3 Å². The van der Waals surface area contributed by atoms with Crippen LogP contribution in [0.3, 0.4) is 0 Å². The lowest BCUT2D eigenvalue weighted by atomic mass is 9.97. The fourth-order valence-corrected chi connectivity index (χ4v) is 3.99.